The van der Waals surface area contributed by atoms with Gasteiger partial charge in [0.2, 0.25) is 5.91 Å². The lowest BCUT2D eigenvalue weighted by Gasteiger charge is -2.17. The minimum absolute atomic E-state index is 0.172. The third kappa shape index (κ3) is 3.84. The quantitative estimate of drug-likeness (QED) is 0.825. The zero-order chi connectivity index (χ0) is 16.3. The normalized spacial score (nSPS) is 18.5. The van der Waals surface area contributed by atoms with Crippen LogP contribution in [-0.4, -0.2) is 29.9 Å². The molecule has 0 unspecified atom stereocenters. The standard InChI is InChI=1S/C16H20N2O4/c1-9-4-5-12(10(2)8-9)18-15(20)11(3)22-16(21)13-6-7-14(19)17-13/h4-5,8,11,13H,6-7H2,1-3H3,(H,17,19)(H,18,20)/t11-,13+/m1/s1. The second-order valence-electron chi connectivity index (χ2n) is 5.55. The predicted molar refractivity (Wildman–Crippen MR) is 81.3 cm³/mol. The summed E-state index contributed by atoms with van der Waals surface area (Å²) in [6.07, 6.45) is -0.211. The van der Waals surface area contributed by atoms with E-state index in [4.69, 9.17) is 4.74 Å². The van der Waals surface area contributed by atoms with Crippen molar-refractivity contribution in [2.75, 3.05) is 5.32 Å². The van der Waals surface area contributed by atoms with Crippen molar-refractivity contribution in [2.45, 2.75) is 45.8 Å². The summed E-state index contributed by atoms with van der Waals surface area (Å²) in [6, 6.07) is 5.02. The summed E-state index contributed by atoms with van der Waals surface area (Å²) >= 11 is 0. The molecule has 2 N–H and O–H groups in total. The van der Waals surface area contributed by atoms with Crippen molar-refractivity contribution in [3.05, 3.63) is 29.3 Å². The minimum Gasteiger partial charge on any atom is -0.451 e. The van der Waals surface area contributed by atoms with E-state index in [2.05, 4.69) is 10.6 Å². The third-order valence-electron chi connectivity index (χ3n) is 3.58. The molecule has 0 spiro atoms. The van der Waals surface area contributed by atoms with Crippen LogP contribution in [0.3, 0.4) is 0 Å². The number of anilines is 1. The molecule has 0 saturated carbocycles. The first-order chi connectivity index (χ1) is 10.4. The molecule has 0 aromatic heterocycles. The van der Waals surface area contributed by atoms with E-state index < -0.39 is 24.0 Å². The summed E-state index contributed by atoms with van der Waals surface area (Å²) < 4.78 is 5.11. The lowest BCUT2D eigenvalue weighted by molar-refractivity contribution is -0.155. The van der Waals surface area contributed by atoms with Gasteiger partial charge in [0.05, 0.1) is 0 Å². The van der Waals surface area contributed by atoms with Crippen molar-refractivity contribution in [3.8, 4) is 0 Å². The molecule has 1 aromatic rings. The van der Waals surface area contributed by atoms with E-state index in [1.54, 1.807) is 0 Å². The molecule has 6 nitrogen and oxygen atoms in total. The van der Waals surface area contributed by atoms with Crippen molar-refractivity contribution in [1.29, 1.82) is 0 Å². The van der Waals surface area contributed by atoms with Crippen LogP contribution in [0.15, 0.2) is 18.2 Å². The Morgan fingerprint density at radius 3 is 2.68 bits per heavy atom. The number of hydrogen-bond acceptors (Lipinski definition) is 4. The van der Waals surface area contributed by atoms with Gasteiger partial charge in [0, 0.05) is 12.1 Å². The van der Waals surface area contributed by atoms with Gasteiger partial charge >= 0.3 is 5.97 Å². The van der Waals surface area contributed by atoms with Gasteiger partial charge in [0.25, 0.3) is 5.91 Å². The molecule has 1 saturated heterocycles. The van der Waals surface area contributed by atoms with Crippen LogP contribution in [0, 0.1) is 13.8 Å². The van der Waals surface area contributed by atoms with Gasteiger partial charge in [-0.2, -0.15) is 0 Å². The topological polar surface area (TPSA) is 84.5 Å². The van der Waals surface area contributed by atoms with E-state index in [0.29, 0.717) is 18.5 Å². The molecule has 0 bridgehead atoms. The zero-order valence-corrected chi connectivity index (χ0v) is 12.9. The van der Waals surface area contributed by atoms with Crippen LogP contribution in [0.25, 0.3) is 0 Å². The first-order valence-electron chi connectivity index (χ1n) is 7.25. The van der Waals surface area contributed by atoms with Crippen LogP contribution in [0.1, 0.15) is 30.9 Å². The van der Waals surface area contributed by atoms with Crippen LogP contribution < -0.4 is 10.6 Å². The zero-order valence-electron chi connectivity index (χ0n) is 12.9. The molecule has 118 valence electrons. The van der Waals surface area contributed by atoms with Gasteiger partial charge in [-0.3, -0.25) is 9.59 Å². The van der Waals surface area contributed by atoms with E-state index >= 15 is 0 Å². The van der Waals surface area contributed by atoms with Crippen molar-refractivity contribution >= 4 is 23.5 Å². The second kappa shape index (κ2) is 6.60. The Bertz CT molecular complexity index is 612. The summed E-state index contributed by atoms with van der Waals surface area (Å²) in [7, 11) is 0. The van der Waals surface area contributed by atoms with Gasteiger partial charge in [-0.05, 0) is 38.8 Å². The molecule has 6 heteroatoms. The van der Waals surface area contributed by atoms with E-state index in [9.17, 15) is 14.4 Å². The Hall–Kier alpha value is -2.37. The van der Waals surface area contributed by atoms with Crippen LogP contribution in [-0.2, 0) is 19.1 Å². The van der Waals surface area contributed by atoms with E-state index in [-0.39, 0.29) is 5.91 Å². The fourth-order valence-electron chi connectivity index (χ4n) is 2.29. The second-order valence-corrected chi connectivity index (χ2v) is 5.55. The maximum Gasteiger partial charge on any atom is 0.329 e. The Labute approximate surface area is 129 Å². The average Bonchev–Trinajstić information content (AvgIpc) is 2.88. The molecule has 1 heterocycles. The highest BCUT2D eigenvalue weighted by molar-refractivity contribution is 5.96. The summed E-state index contributed by atoms with van der Waals surface area (Å²) in [5.41, 5.74) is 2.73. The maximum atomic E-state index is 12.1. The molecule has 2 atom stereocenters. The molecule has 1 aliphatic rings. The van der Waals surface area contributed by atoms with Gasteiger partial charge in [-0.1, -0.05) is 17.7 Å². The number of carbonyl (C=O) groups excluding carboxylic acids is 3. The molecule has 1 fully saturated rings. The highest BCUT2D eigenvalue weighted by Crippen LogP contribution is 2.17. The van der Waals surface area contributed by atoms with Gasteiger partial charge in [0.1, 0.15) is 6.04 Å². The van der Waals surface area contributed by atoms with Gasteiger partial charge in [-0.25, -0.2) is 4.79 Å². The molecule has 1 aromatic carbocycles. The number of aryl methyl sites for hydroxylation is 2. The molecule has 2 rings (SSSR count). The van der Waals surface area contributed by atoms with Crippen LogP contribution >= 0.6 is 0 Å². The largest absolute Gasteiger partial charge is 0.451 e. The average molecular weight is 304 g/mol. The molecule has 0 radical (unpaired) electrons. The Kier molecular flexibility index (Phi) is 4.80. The van der Waals surface area contributed by atoms with E-state index in [1.807, 2.05) is 32.0 Å². The first kappa shape index (κ1) is 16.0. The predicted octanol–water partition coefficient (Wildman–Crippen LogP) is 1.45. The number of carbonyl (C=O) groups is 3. The summed E-state index contributed by atoms with van der Waals surface area (Å²) in [5.74, 6) is -1.15. The number of ether oxygens (including phenoxy) is 1. The molecular formula is C16H20N2O4. The van der Waals surface area contributed by atoms with Gasteiger partial charge in [-0.15, -0.1) is 0 Å². The lowest BCUT2D eigenvalue weighted by atomic mass is 10.1. The van der Waals surface area contributed by atoms with Crippen molar-refractivity contribution in [2.24, 2.45) is 0 Å². The minimum atomic E-state index is -0.925. The van der Waals surface area contributed by atoms with Gasteiger partial charge in [0.15, 0.2) is 6.10 Å². The maximum absolute atomic E-state index is 12.1. The summed E-state index contributed by atoms with van der Waals surface area (Å²) in [5, 5.41) is 5.26. The van der Waals surface area contributed by atoms with Crippen molar-refractivity contribution < 1.29 is 19.1 Å². The Morgan fingerprint density at radius 1 is 1.36 bits per heavy atom. The summed E-state index contributed by atoms with van der Waals surface area (Å²) in [6.45, 7) is 5.37. The number of rotatable bonds is 4. The third-order valence-corrected chi connectivity index (χ3v) is 3.58. The van der Waals surface area contributed by atoms with E-state index in [1.165, 1.54) is 6.92 Å². The smallest absolute Gasteiger partial charge is 0.329 e. The molecule has 0 aliphatic carbocycles. The monoisotopic (exact) mass is 304 g/mol. The molecule has 2 amide bonds. The van der Waals surface area contributed by atoms with Crippen LogP contribution in [0.4, 0.5) is 5.69 Å². The lowest BCUT2D eigenvalue weighted by Crippen LogP contribution is -2.39. The number of nitrogens with one attached hydrogen (secondary N) is 2. The molecule has 22 heavy (non-hydrogen) atoms. The van der Waals surface area contributed by atoms with Crippen LogP contribution in [0.2, 0.25) is 0 Å². The Balaban J connectivity index is 1.91. The number of benzene rings is 1. The fraction of sp³-hybridized carbons (Fsp3) is 0.438. The number of amides is 2. The van der Waals surface area contributed by atoms with Gasteiger partial charge < -0.3 is 15.4 Å². The fourth-order valence-corrected chi connectivity index (χ4v) is 2.29. The highest BCUT2D eigenvalue weighted by atomic mass is 16.5. The van der Waals surface area contributed by atoms with Crippen LogP contribution in [0.5, 0.6) is 0 Å². The number of hydrogen-bond donors (Lipinski definition) is 2. The first-order valence-corrected chi connectivity index (χ1v) is 7.25. The Morgan fingerprint density at radius 2 is 2.09 bits per heavy atom. The summed E-state index contributed by atoms with van der Waals surface area (Å²) in [4.78, 5) is 35.0. The molecular weight excluding hydrogens is 284 g/mol. The van der Waals surface area contributed by atoms with E-state index in [0.717, 1.165) is 11.1 Å². The van der Waals surface area contributed by atoms with Crippen molar-refractivity contribution in [1.82, 2.24) is 5.32 Å². The number of esters is 1. The molecule has 1 aliphatic heterocycles. The van der Waals surface area contributed by atoms with Crippen molar-refractivity contribution in [3.63, 3.8) is 0 Å². The SMILES string of the molecule is Cc1ccc(NC(=O)[C@@H](C)OC(=O)[C@@H]2CCC(=O)N2)c(C)c1. The highest BCUT2D eigenvalue weighted by Gasteiger charge is 2.30.